The molecule has 1 aliphatic rings. The Balaban J connectivity index is 1.39. The van der Waals surface area contributed by atoms with Crippen molar-refractivity contribution < 1.29 is 27.5 Å². The number of carbonyl (C=O) groups excluding carboxylic acids is 2. The number of hydrogen-bond donors (Lipinski definition) is 0. The van der Waals surface area contributed by atoms with Crippen LogP contribution in [0.5, 0.6) is 5.75 Å². The minimum absolute atomic E-state index is 0.117. The molecular formula is C27H22F3N5O4. The molecule has 5 rings (SSSR count). The number of benzene rings is 2. The SMILES string of the molecule is COc1ccccc1-n1c(=O)c(C(=O)N2CCN(C(=O)c3ccc(C(F)(F)F)cc3)CC2)nc2cccnc21. The van der Waals surface area contributed by atoms with Gasteiger partial charge in [-0.25, -0.2) is 9.97 Å². The number of fused-ring (bicyclic) bond motifs is 1. The topological polar surface area (TPSA) is 97.6 Å². The summed E-state index contributed by atoms with van der Waals surface area (Å²) in [4.78, 5) is 51.4. The summed E-state index contributed by atoms with van der Waals surface area (Å²) in [7, 11) is 1.47. The predicted octanol–water partition coefficient (Wildman–Crippen LogP) is 3.41. The van der Waals surface area contributed by atoms with E-state index in [4.69, 9.17) is 4.74 Å². The van der Waals surface area contributed by atoms with Gasteiger partial charge in [-0.1, -0.05) is 12.1 Å². The van der Waals surface area contributed by atoms with E-state index >= 15 is 0 Å². The molecule has 2 amide bonds. The lowest BCUT2D eigenvalue weighted by atomic mass is 10.1. The third kappa shape index (κ3) is 4.92. The van der Waals surface area contributed by atoms with Crippen molar-refractivity contribution in [1.82, 2.24) is 24.3 Å². The first-order valence-corrected chi connectivity index (χ1v) is 12.0. The van der Waals surface area contributed by atoms with Gasteiger partial charge in [0, 0.05) is 37.9 Å². The molecule has 1 fully saturated rings. The number of hydrogen-bond acceptors (Lipinski definition) is 6. The molecule has 9 nitrogen and oxygen atoms in total. The molecule has 2 aromatic carbocycles. The highest BCUT2D eigenvalue weighted by molar-refractivity contribution is 5.96. The molecule has 200 valence electrons. The molecule has 0 spiro atoms. The summed E-state index contributed by atoms with van der Waals surface area (Å²) in [6.45, 7) is 0.515. The maximum Gasteiger partial charge on any atom is 0.416 e. The fourth-order valence-electron chi connectivity index (χ4n) is 4.44. The summed E-state index contributed by atoms with van der Waals surface area (Å²) in [6.07, 6.45) is -2.98. The molecule has 0 N–H and O–H groups in total. The summed E-state index contributed by atoms with van der Waals surface area (Å²) in [5.74, 6) is -0.633. The van der Waals surface area contributed by atoms with Crippen LogP contribution in [-0.2, 0) is 6.18 Å². The van der Waals surface area contributed by atoms with E-state index in [1.54, 1.807) is 36.4 Å². The van der Waals surface area contributed by atoms with Gasteiger partial charge in [0.1, 0.15) is 11.3 Å². The van der Waals surface area contributed by atoms with Crippen molar-refractivity contribution in [2.75, 3.05) is 33.3 Å². The van der Waals surface area contributed by atoms with Crippen molar-refractivity contribution in [3.63, 3.8) is 0 Å². The van der Waals surface area contributed by atoms with E-state index in [-0.39, 0.29) is 43.1 Å². The van der Waals surface area contributed by atoms with Crippen LogP contribution in [0.25, 0.3) is 16.9 Å². The molecule has 1 saturated heterocycles. The maximum atomic E-state index is 13.6. The van der Waals surface area contributed by atoms with E-state index in [0.29, 0.717) is 17.0 Å². The second-order valence-electron chi connectivity index (χ2n) is 8.78. The number of nitrogens with zero attached hydrogens (tertiary/aromatic N) is 5. The monoisotopic (exact) mass is 537 g/mol. The molecule has 0 saturated carbocycles. The zero-order valence-electron chi connectivity index (χ0n) is 20.7. The van der Waals surface area contributed by atoms with E-state index in [1.807, 2.05) is 0 Å². The van der Waals surface area contributed by atoms with Crippen molar-refractivity contribution in [3.05, 3.63) is 94.0 Å². The van der Waals surface area contributed by atoms with Gasteiger partial charge in [0.05, 0.1) is 18.4 Å². The lowest BCUT2D eigenvalue weighted by molar-refractivity contribution is -0.137. The Labute approximate surface area is 220 Å². The Morgan fingerprint density at radius 1 is 0.872 bits per heavy atom. The summed E-state index contributed by atoms with van der Waals surface area (Å²) < 4.78 is 45.2. The Bertz CT molecular complexity index is 1610. The van der Waals surface area contributed by atoms with Gasteiger partial charge in [-0.2, -0.15) is 13.2 Å². The summed E-state index contributed by atoms with van der Waals surface area (Å²) >= 11 is 0. The molecule has 0 radical (unpaired) electrons. The molecule has 0 unspecified atom stereocenters. The second kappa shape index (κ2) is 10.2. The molecule has 0 aliphatic carbocycles. The average Bonchev–Trinajstić information content (AvgIpc) is 2.96. The van der Waals surface area contributed by atoms with Crippen molar-refractivity contribution in [1.29, 1.82) is 0 Å². The van der Waals surface area contributed by atoms with Gasteiger partial charge in [0.25, 0.3) is 17.4 Å². The molecule has 4 aromatic rings. The second-order valence-corrected chi connectivity index (χ2v) is 8.78. The van der Waals surface area contributed by atoms with Gasteiger partial charge in [0.2, 0.25) is 0 Å². The Morgan fingerprint density at radius 2 is 1.51 bits per heavy atom. The van der Waals surface area contributed by atoms with Crippen LogP contribution in [0.15, 0.2) is 71.7 Å². The number of rotatable bonds is 4. The van der Waals surface area contributed by atoms with Crippen LogP contribution < -0.4 is 10.3 Å². The molecule has 2 aromatic heterocycles. The van der Waals surface area contributed by atoms with E-state index in [9.17, 15) is 27.6 Å². The zero-order valence-corrected chi connectivity index (χ0v) is 20.7. The van der Waals surface area contributed by atoms with Crippen LogP contribution in [0.4, 0.5) is 13.2 Å². The van der Waals surface area contributed by atoms with Crippen LogP contribution in [0, 0.1) is 0 Å². The molecule has 0 bridgehead atoms. The molecule has 0 atom stereocenters. The highest BCUT2D eigenvalue weighted by Crippen LogP contribution is 2.29. The summed E-state index contributed by atoms with van der Waals surface area (Å²) in [5, 5.41) is 0. The number of alkyl halides is 3. The Hall–Kier alpha value is -4.74. The molecular weight excluding hydrogens is 515 g/mol. The number of piperazine rings is 1. The number of methoxy groups -OCH3 is 1. The minimum atomic E-state index is -4.50. The van der Waals surface area contributed by atoms with Gasteiger partial charge in [-0.3, -0.25) is 19.0 Å². The van der Waals surface area contributed by atoms with Crippen LogP contribution in [0.3, 0.4) is 0 Å². The van der Waals surface area contributed by atoms with E-state index in [2.05, 4.69) is 9.97 Å². The summed E-state index contributed by atoms with van der Waals surface area (Å²) in [5.41, 5.74) is -0.699. The number of para-hydroxylation sites is 2. The maximum absolute atomic E-state index is 13.6. The van der Waals surface area contributed by atoms with Crippen molar-refractivity contribution in [2.45, 2.75) is 6.18 Å². The third-order valence-corrected chi connectivity index (χ3v) is 6.46. The molecule has 12 heteroatoms. The fourth-order valence-corrected chi connectivity index (χ4v) is 4.44. The Kier molecular flexibility index (Phi) is 6.77. The van der Waals surface area contributed by atoms with Crippen LogP contribution in [0.2, 0.25) is 0 Å². The standard InChI is InChI=1S/C27H22F3N5O4/c1-39-21-7-3-2-6-20(21)35-23-19(5-4-12-31-23)32-22(26(35)38)25(37)34-15-13-33(14-16-34)24(36)17-8-10-18(11-9-17)27(28,29)30/h2-12H,13-16H2,1H3. The normalized spacial score (nSPS) is 13.9. The number of amides is 2. The highest BCUT2D eigenvalue weighted by atomic mass is 19.4. The number of aromatic nitrogens is 3. The van der Waals surface area contributed by atoms with Gasteiger partial charge in [0.15, 0.2) is 11.3 Å². The summed E-state index contributed by atoms with van der Waals surface area (Å²) in [6, 6.07) is 14.1. The van der Waals surface area contributed by atoms with Crippen LogP contribution >= 0.6 is 0 Å². The van der Waals surface area contributed by atoms with Gasteiger partial charge in [-0.05, 0) is 48.5 Å². The van der Waals surface area contributed by atoms with Gasteiger partial charge in [-0.15, -0.1) is 0 Å². The first-order chi connectivity index (χ1) is 18.7. The quantitative estimate of drug-likeness (QED) is 0.396. The van der Waals surface area contributed by atoms with Crippen LogP contribution in [-0.4, -0.2) is 69.4 Å². The number of ether oxygens (including phenoxy) is 1. The predicted molar refractivity (Wildman–Crippen MR) is 135 cm³/mol. The van der Waals surface area contributed by atoms with E-state index in [1.165, 1.54) is 27.7 Å². The van der Waals surface area contributed by atoms with Gasteiger partial charge < -0.3 is 14.5 Å². The average molecular weight is 537 g/mol. The first-order valence-electron chi connectivity index (χ1n) is 12.0. The van der Waals surface area contributed by atoms with Gasteiger partial charge >= 0.3 is 6.18 Å². The van der Waals surface area contributed by atoms with E-state index < -0.39 is 29.1 Å². The minimum Gasteiger partial charge on any atom is -0.495 e. The third-order valence-electron chi connectivity index (χ3n) is 6.46. The zero-order chi connectivity index (χ0) is 27.7. The largest absolute Gasteiger partial charge is 0.495 e. The van der Waals surface area contributed by atoms with E-state index in [0.717, 1.165) is 24.3 Å². The number of carbonyl (C=O) groups is 2. The molecule has 39 heavy (non-hydrogen) atoms. The molecule has 3 heterocycles. The lowest BCUT2D eigenvalue weighted by Crippen LogP contribution is -2.51. The van der Waals surface area contributed by atoms with Crippen molar-refractivity contribution in [2.24, 2.45) is 0 Å². The Morgan fingerprint density at radius 3 is 2.15 bits per heavy atom. The number of pyridine rings is 1. The first kappa shape index (κ1) is 25.9. The fraction of sp³-hybridized carbons (Fsp3) is 0.222. The highest BCUT2D eigenvalue weighted by Gasteiger charge is 2.32. The molecule has 1 aliphatic heterocycles. The lowest BCUT2D eigenvalue weighted by Gasteiger charge is -2.34. The van der Waals surface area contributed by atoms with Crippen molar-refractivity contribution in [3.8, 4) is 11.4 Å². The van der Waals surface area contributed by atoms with Crippen molar-refractivity contribution >= 4 is 23.0 Å². The smallest absolute Gasteiger partial charge is 0.416 e. The van der Waals surface area contributed by atoms with Crippen LogP contribution in [0.1, 0.15) is 26.4 Å². The number of halogens is 3.